The lowest BCUT2D eigenvalue weighted by Crippen LogP contribution is -2.36. The van der Waals surface area contributed by atoms with Crippen molar-refractivity contribution in [3.63, 3.8) is 0 Å². The summed E-state index contributed by atoms with van der Waals surface area (Å²) in [5, 5.41) is 23.0. The number of hydrogen-bond donors (Lipinski definition) is 5. The number of hydrogen-bond acceptors (Lipinski definition) is 9. The molecule has 0 aliphatic heterocycles. The zero-order valence-electron chi connectivity index (χ0n) is 16.0. The largest absolute Gasteiger partial charge is 0.391 e. The number of aliphatic hydroxyl groups excluding tert-OH is 1. The molecule has 2 aromatic rings. The number of fused-ring (bicyclic) bond motifs is 1. The molecule has 1 aliphatic carbocycles. The van der Waals surface area contributed by atoms with Crippen molar-refractivity contribution in [3.05, 3.63) is 0 Å². The molecule has 0 amide bonds. The van der Waals surface area contributed by atoms with Gasteiger partial charge < -0.3 is 26.4 Å². The Balaban J connectivity index is 0.00000261. The quantitative estimate of drug-likeness (QED) is 0.480. The Kier molecular flexibility index (Phi) is 7.61. The highest BCUT2D eigenvalue weighted by atomic mass is 35.5. The molecule has 9 nitrogen and oxygen atoms in total. The number of nitrogens with zero attached hydrogens (tertiary/aromatic N) is 4. The van der Waals surface area contributed by atoms with Gasteiger partial charge in [0.05, 0.1) is 12.1 Å². The van der Waals surface area contributed by atoms with Crippen molar-refractivity contribution in [2.75, 3.05) is 41.9 Å². The molecule has 0 aromatic carbocycles. The summed E-state index contributed by atoms with van der Waals surface area (Å²) in [7, 11) is 3.56. The lowest BCUT2D eigenvalue weighted by Gasteiger charge is -2.29. The van der Waals surface area contributed by atoms with Crippen LogP contribution in [0.2, 0.25) is 0 Å². The van der Waals surface area contributed by atoms with Gasteiger partial charge in [-0.15, -0.1) is 12.4 Å². The first-order chi connectivity index (χ1) is 12.7. The highest BCUT2D eigenvalue weighted by Crippen LogP contribution is 2.29. The summed E-state index contributed by atoms with van der Waals surface area (Å²) in [5.41, 5.74) is 1.30. The average molecular weight is 397 g/mol. The van der Waals surface area contributed by atoms with Gasteiger partial charge in [0.25, 0.3) is 0 Å². The normalized spacial score (nSPS) is 19.3. The van der Waals surface area contributed by atoms with Crippen LogP contribution < -0.4 is 21.3 Å². The predicted octanol–water partition coefficient (Wildman–Crippen LogP) is 2.46. The average Bonchev–Trinajstić information content (AvgIpc) is 2.67. The molecule has 0 bridgehead atoms. The first kappa shape index (κ1) is 21.2. The zero-order valence-corrected chi connectivity index (χ0v) is 16.9. The Morgan fingerprint density at radius 3 is 2.11 bits per heavy atom. The molecule has 5 N–H and O–H groups in total. The van der Waals surface area contributed by atoms with E-state index in [2.05, 4.69) is 48.1 Å². The highest BCUT2D eigenvalue weighted by molar-refractivity contribution is 5.94. The van der Waals surface area contributed by atoms with Crippen LogP contribution in [0.4, 0.5) is 23.5 Å². The van der Waals surface area contributed by atoms with Crippen molar-refractivity contribution in [2.24, 2.45) is 0 Å². The van der Waals surface area contributed by atoms with Crippen molar-refractivity contribution in [3.8, 4) is 0 Å². The Morgan fingerprint density at radius 2 is 1.52 bits per heavy atom. The van der Waals surface area contributed by atoms with Crippen molar-refractivity contribution in [2.45, 2.75) is 51.2 Å². The van der Waals surface area contributed by atoms with Crippen molar-refractivity contribution in [1.82, 2.24) is 19.9 Å². The fourth-order valence-corrected chi connectivity index (χ4v) is 3.16. The molecule has 1 aliphatic rings. The SMILES string of the molecule is CCCNc1nc(NC)nc2c(N[C@@H]3CCCC[C@@H]3O)nc(NC)nc12.Cl. The van der Waals surface area contributed by atoms with Gasteiger partial charge in [-0.3, -0.25) is 0 Å². The molecule has 1 saturated carbocycles. The molecule has 2 atom stereocenters. The van der Waals surface area contributed by atoms with Crippen LogP contribution in [-0.2, 0) is 0 Å². The molecule has 27 heavy (non-hydrogen) atoms. The van der Waals surface area contributed by atoms with Crippen molar-refractivity contribution in [1.29, 1.82) is 0 Å². The topological polar surface area (TPSA) is 120 Å². The fourth-order valence-electron chi connectivity index (χ4n) is 3.16. The second kappa shape index (κ2) is 9.70. The van der Waals surface area contributed by atoms with E-state index in [1.807, 2.05) is 0 Å². The number of nitrogens with one attached hydrogen (secondary N) is 4. The lowest BCUT2D eigenvalue weighted by atomic mass is 9.92. The standard InChI is InChI=1S/C17H28N8O.ClH/c1-4-9-20-14-12-13(23-16(18-2)24-14)15(25-17(19-3)22-12)21-10-7-5-6-8-11(10)26;/h10-11,26H,4-9H2,1-3H3,(H2,18,20,23,24)(H2,19,21,22,25);1H/t10-,11+;/m1./s1. The summed E-state index contributed by atoms with van der Waals surface area (Å²) in [6.45, 7) is 2.89. The first-order valence-corrected chi connectivity index (χ1v) is 9.30. The predicted molar refractivity (Wildman–Crippen MR) is 112 cm³/mol. The molecule has 1 fully saturated rings. The van der Waals surface area contributed by atoms with E-state index in [1.54, 1.807) is 14.1 Å². The number of anilines is 4. The van der Waals surface area contributed by atoms with E-state index >= 15 is 0 Å². The van der Waals surface area contributed by atoms with Gasteiger partial charge in [0.15, 0.2) is 11.6 Å². The van der Waals surface area contributed by atoms with Gasteiger partial charge in [0, 0.05) is 20.6 Å². The number of aliphatic hydroxyl groups is 1. The summed E-state index contributed by atoms with van der Waals surface area (Å²) < 4.78 is 0. The fraction of sp³-hybridized carbons (Fsp3) is 0.647. The van der Waals surface area contributed by atoms with Gasteiger partial charge in [-0.2, -0.15) is 9.97 Å². The molecule has 3 rings (SSSR count). The van der Waals surface area contributed by atoms with Crippen LogP contribution in [0.1, 0.15) is 39.0 Å². The first-order valence-electron chi connectivity index (χ1n) is 9.30. The van der Waals surface area contributed by atoms with E-state index in [1.165, 1.54) is 0 Å². The third-order valence-corrected chi connectivity index (χ3v) is 4.58. The molecule has 10 heteroatoms. The minimum Gasteiger partial charge on any atom is -0.391 e. The van der Waals surface area contributed by atoms with E-state index in [0.29, 0.717) is 34.6 Å². The van der Waals surface area contributed by atoms with Gasteiger partial charge in [-0.05, 0) is 19.3 Å². The van der Waals surface area contributed by atoms with Crippen LogP contribution in [0.5, 0.6) is 0 Å². The molecule has 0 saturated heterocycles. The lowest BCUT2D eigenvalue weighted by molar-refractivity contribution is 0.116. The van der Waals surface area contributed by atoms with Crippen LogP contribution in [0, 0.1) is 0 Å². The monoisotopic (exact) mass is 396 g/mol. The van der Waals surface area contributed by atoms with Gasteiger partial charge in [0.1, 0.15) is 11.0 Å². The Morgan fingerprint density at radius 1 is 0.926 bits per heavy atom. The summed E-state index contributed by atoms with van der Waals surface area (Å²) in [5.74, 6) is 2.28. The van der Waals surface area contributed by atoms with Crippen molar-refractivity contribution < 1.29 is 5.11 Å². The maximum atomic E-state index is 10.3. The minimum absolute atomic E-state index is 0. The van der Waals surface area contributed by atoms with E-state index in [0.717, 1.165) is 38.6 Å². The Hall–Kier alpha value is -2.13. The van der Waals surface area contributed by atoms with Gasteiger partial charge in [-0.1, -0.05) is 19.8 Å². The molecule has 0 radical (unpaired) electrons. The maximum Gasteiger partial charge on any atom is 0.225 e. The molecule has 0 unspecified atom stereocenters. The van der Waals surface area contributed by atoms with Crippen LogP contribution in [0.25, 0.3) is 11.0 Å². The second-order valence-corrected chi connectivity index (χ2v) is 6.52. The molecule has 2 heterocycles. The molecule has 0 spiro atoms. The summed E-state index contributed by atoms with van der Waals surface area (Å²) >= 11 is 0. The molecule has 2 aromatic heterocycles. The van der Waals surface area contributed by atoms with Crippen molar-refractivity contribution >= 4 is 47.0 Å². The second-order valence-electron chi connectivity index (χ2n) is 6.52. The van der Waals surface area contributed by atoms with Gasteiger partial charge >= 0.3 is 0 Å². The third-order valence-electron chi connectivity index (χ3n) is 4.58. The third kappa shape index (κ3) is 4.78. The van der Waals surface area contributed by atoms with Gasteiger partial charge in [-0.25, -0.2) is 9.97 Å². The Labute approximate surface area is 165 Å². The van der Waals surface area contributed by atoms with E-state index in [4.69, 9.17) is 0 Å². The smallest absolute Gasteiger partial charge is 0.225 e. The van der Waals surface area contributed by atoms with E-state index in [-0.39, 0.29) is 24.6 Å². The summed E-state index contributed by atoms with van der Waals surface area (Å²) in [6, 6.07) is -0.0355. The van der Waals surface area contributed by atoms with Crippen LogP contribution in [-0.4, -0.2) is 57.8 Å². The van der Waals surface area contributed by atoms with Crippen LogP contribution in [0.15, 0.2) is 0 Å². The highest BCUT2D eigenvalue weighted by Gasteiger charge is 2.25. The number of rotatable bonds is 7. The van der Waals surface area contributed by atoms with E-state index < -0.39 is 0 Å². The van der Waals surface area contributed by atoms with Gasteiger partial charge in [0.2, 0.25) is 11.9 Å². The molecular weight excluding hydrogens is 368 g/mol. The maximum absolute atomic E-state index is 10.3. The summed E-state index contributed by atoms with van der Waals surface area (Å²) in [6.07, 6.45) is 4.46. The van der Waals surface area contributed by atoms with Crippen LogP contribution >= 0.6 is 12.4 Å². The zero-order chi connectivity index (χ0) is 18.5. The Bertz CT molecular complexity index is 759. The van der Waals surface area contributed by atoms with E-state index in [9.17, 15) is 5.11 Å². The molecular formula is C17H29ClN8O. The van der Waals surface area contributed by atoms with Crippen LogP contribution in [0.3, 0.4) is 0 Å². The molecule has 150 valence electrons. The number of halogens is 1. The number of aromatic nitrogens is 4. The summed E-state index contributed by atoms with van der Waals surface area (Å²) in [4.78, 5) is 18.2. The minimum atomic E-state index is -0.380.